The van der Waals surface area contributed by atoms with Crippen molar-refractivity contribution < 1.29 is 4.79 Å². The fourth-order valence-electron chi connectivity index (χ4n) is 1.63. The number of hydrogen-bond acceptors (Lipinski definition) is 3. The third-order valence-corrected chi connectivity index (χ3v) is 3.24. The standard InChI is InChI=1S/C14H19N3O/c1-4-10(2)13(16)14(18)17(3)12-7-5-6-11(8-12)9-15/h5-8,10,13H,4,16H2,1-3H3/t10-,13-/m0/s1. The van der Waals surface area contributed by atoms with E-state index in [1.807, 2.05) is 13.8 Å². The van der Waals surface area contributed by atoms with E-state index in [9.17, 15) is 4.79 Å². The molecule has 0 radical (unpaired) electrons. The number of benzene rings is 1. The van der Waals surface area contributed by atoms with Crippen LogP contribution in [0.5, 0.6) is 0 Å². The van der Waals surface area contributed by atoms with E-state index in [-0.39, 0.29) is 11.8 Å². The highest BCUT2D eigenvalue weighted by Crippen LogP contribution is 2.17. The van der Waals surface area contributed by atoms with Crippen LogP contribution < -0.4 is 10.6 Å². The van der Waals surface area contributed by atoms with Gasteiger partial charge in [-0.1, -0.05) is 26.3 Å². The van der Waals surface area contributed by atoms with Gasteiger partial charge in [0.25, 0.3) is 0 Å². The monoisotopic (exact) mass is 245 g/mol. The van der Waals surface area contributed by atoms with Crippen molar-refractivity contribution in [3.05, 3.63) is 29.8 Å². The van der Waals surface area contributed by atoms with Crippen LogP contribution in [0.2, 0.25) is 0 Å². The fourth-order valence-corrected chi connectivity index (χ4v) is 1.63. The lowest BCUT2D eigenvalue weighted by Crippen LogP contribution is -2.45. The first-order valence-corrected chi connectivity index (χ1v) is 6.04. The normalized spacial score (nSPS) is 13.5. The largest absolute Gasteiger partial charge is 0.320 e. The molecule has 0 aliphatic carbocycles. The molecule has 1 amide bonds. The van der Waals surface area contributed by atoms with Crippen LogP contribution in [0, 0.1) is 17.2 Å². The Morgan fingerprint density at radius 3 is 2.78 bits per heavy atom. The number of hydrogen-bond donors (Lipinski definition) is 1. The van der Waals surface area contributed by atoms with Gasteiger partial charge in [-0.3, -0.25) is 4.79 Å². The Labute approximate surface area is 108 Å². The van der Waals surface area contributed by atoms with Gasteiger partial charge in [0.15, 0.2) is 0 Å². The predicted octanol–water partition coefficient (Wildman–Crippen LogP) is 1.89. The molecule has 0 saturated carbocycles. The molecule has 1 aromatic rings. The van der Waals surface area contributed by atoms with Crippen molar-refractivity contribution in [2.24, 2.45) is 11.7 Å². The highest BCUT2D eigenvalue weighted by molar-refractivity contribution is 5.96. The SMILES string of the molecule is CC[C@H](C)[C@H](N)C(=O)N(C)c1cccc(C#N)c1. The van der Waals surface area contributed by atoms with E-state index in [2.05, 4.69) is 6.07 Å². The van der Waals surface area contributed by atoms with E-state index < -0.39 is 6.04 Å². The summed E-state index contributed by atoms with van der Waals surface area (Å²) in [7, 11) is 1.68. The molecule has 2 N–H and O–H groups in total. The molecule has 0 fully saturated rings. The number of nitriles is 1. The lowest BCUT2D eigenvalue weighted by atomic mass is 9.99. The zero-order valence-corrected chi connectivity index (χ0v) is 11.1. The molecule has 0 aliphatic rings. The Morgan fingerprint density at radius 2 is 2.22 bits per heavy atom. The van der Waals surface area contributed by atoms with Gasteiger partial charge in [-0.25, -0.2) is 0 Å². The number of nitrogens with two attached hydrogens (primary N) is 1. The van der Waals surface area contributed by atoms with Gasteiger partial charge in [0.2, 0.25) is 5.91 Å². The minimum Gasteiger partial charge on any atom is -0.320 e. The molecule has 18 heavy (non-hydrogen) atoms. The quantitative estimate of drug-likeness (QED) is 0.880. The van der Waals surface area contributed by atoms with Crippen LogP contribution in [-0.4, -0.2) is 19.0 Å². The second-order valence-corrected chi connectivity index (χ2v) is 4.47. The summed E-state index contributed by atoms with van der Waals surface area (Å²) in [6.07, 6.45) is 0.860. The molecule has 0 unspecified atom stereocenters. The third kappa shape index (κ3) is 3.08. The van der Waals surface area contributed by atoms with Crippen LogP contribution in [0.1, 0.15) is 25.8 Å². The number of amides is 1. The topological polar surface area (TPSA) is 70.1 Å². The summed E-state index contributed by atoms with van der Waals surface area (Å²) in [5.74, 6) is 0.0125. The van der Waals surface area contributed by atoms with Gasteiger partial charge >= 0.3 is 0 Å². The van der Waals surface area contributed by atoms with E-state index in [0.717, 1.165) is 6.42 Å². The summed E-state index contributed by atoms with van der Waals surface area (Å²) in [4.78, 5) is 13.7. The van der Waals surface area contributed by atoms with Gasteiger partial charge in [-0.15, -0.1) is 0 Å². The van der Waals surface area contributed by atoms with E-state index in [4.69, 9.17) is 11.0 Å². The van der Waals surface area contributed by atoms with Gasteiger partial charge < -0.3 is 10.6 Å². The van der Waals surface area contributed by atoms with Crippen molar-refractivity contribution in [2.75, 3.05) is 11.9 Å². The molecule has 96 valence electrons. The summed E-state index contributed by atoms with van der Waals surface area (Å²) in [6.45, 7) is 3.97. The minimum absolute atomic E-state index is 0.126. The zero-order valence-electron chi connectivity index (χ0n) is 11.1. The average Bonchev–Trinajstić information content (AvgIpc) is 2.43. The highest BCUT2D eigenvalue weighted by atomic mass is 16.2. The smallest absolute Gasteiger partial charge is 0.243 e. The number of likely N-dealkylation sites (N-methyl/N-ethyl adjacent to an activating group) is 1. The lowest BCUT2D eigenvalue weighted by molar-refractivity contribution is -0.120. The number of rotatable bonds is 4. The molecule has 4 nitrogen and oxygen atoms in total. The summed E-state index contributed by atoms with van der Waals surface area (Å²) < 4.78 is 0. The Balaban J connectivity index is 2.89. The molecular weight excluding hydrogens is 226 g/mol. The maximum Gasteiger partial charge on any atom is 0.243 e. The molecule has 0 spiro atoms. The molecule has 1 rings (SSSR count). The molecule has 2 atom stereocenters. The predicted molar refractivity (Wildman–Crippen MR) is 72.0 cm³/mol. The van der Waals surface area contributed by atoms with E-state index >= 15 is 0 Å². The first kappa shape index (κ1) is 14.2. The van der Waals surface area contributed by atoms with Crippen molar-refractivity contribution in [3.63, 3.8) is 0 Å². The maximum absolute atomic E-state index is 12.2. The van der Waals surface area contributed by atoms with Gasteiger partial charge in [0.1, 0.15) is 0 Å². The number of carbonyl (C=O) groups is 1. The van der Waals surface area contributed by atoms with E-state index in [1.54, 1.807) is 31.3 Å². The van der Waals surface area contributed by atoms with E-state index in [0.29, 0.717) is 11.3 Å². The highest BCUT2D eigenvalue weighted by Gasteiger charge is 2.23. The van der Waals surface area contributed by atoms with Gasteiger partial charge in [-0.05, 0) is 24.1 Å². The lowest BCUT2D eigenvalue weighted by Gasteiger charge is -2.24. The first-order valence-electron chi connectivity index (χ1n) is 6.04. The van der Waals surface area contributed by atoms with Crippen LogP contribution in [0.4, 0.5) is 5.69 Å². The van der Waals surface area contributed by atoms with Gasteiger partial charge in [0.05, 0.1) is 17.7 Å². The zero-order chi connectivity index (χ0) is 13.7. The fraction of sp³-hybridized carbons (Fsp3) is 0.429. The molecule has 4 heteroatoms. The van der Waals surface area contributed by atoms with Crippen LogP contribution in [0.3, 0.4) is 0 Å². The Morgan fingerprint density at radius 1 is 1.56 bits per heavy atom. The molecule has 1 aromatic carbocycles. The second kappa shape index (κ2) is 6.18. The Kier molecular flexibility index (Phi) is 4.87. The molecular formula is C14H19N3O. The maximum atomic E-state index is 12.2. The van der Waals surface area contributed by atoms with Crippen molar-refractivity contribution in [3.8, 4) is 6.07 Å². The third-order valence-electron chi connectivity index (χ3n) is 3.24. The molecule has 0 aliphatic heterocycles. The summed E-state index contributed by atoms with van der Waals surface area (Å²) in [5, 5.41) is 8.84. The van der Waals surface area contributed by atoms with Crippen LogP contribution >= 0.6 is 0 Å². The van der Waals surface area contributed by atoms with E-state index in [1.165, 1.54) is 4.90 Å². The number of nitrogens with zero attached hydrogens (tertiary/aromatic N) is 2. The molecule has 0 heterocycles. The molecule has 0 saturated heterocycles. The first-order chi connectivity index (χ1) is 8.51. The van der Waals surface area contributed by atoms with Crippen LogP contribution in [0.25, 0.3) is 0 Å². The average molecular weight is 245 g/mol. The van der Waals surface area contributed by atoms with Crippen molar-refractivity contribution >= 4 is 11.6 Å². The van der Waals surface area contributed by atoms with Gasteiger partial charge in [0, 0.05) is 12.7 Å². The van der Waals surface area contributed by atoms with Crippen molar-refractivity contribution in [2.45, 2.75) is 26.3 Å². The van der Waals surface area contributed by atoms with Crippen LogP contribution in [0.15, 0.2) is 24.3 Å². The minimum atomic E-state index is -0.509. The molecule has 0 aromatic heterocycles. The number of anilines is 1. The van der Waals surface area contributed by atoms with Crippen LogP contribution in [-0.2, 0) is 4.79 Å². The summed E-state index contributed by atoms with van der Waals surface area (Å²) in [5.41, 5.74) is 7.15. The number of carbonyl (C=O) groups excluding carboxylic acids is 1. The van der Waals surface area contributed by atoms with Gasteiger partial charge in [-0.2, -0.15) is 5.26 Å². The summed E-state index contributed by atoms with van der Waals surface area (Å²) >= 11 is 0. The Hall–Kier alpha value is -1.86. The second-order valence-electron chi connectivity index (χ2n) is 4.47. The summed E-state index contributed by atoms with van der Waals surface area (Å²) in [6, 6.07) is 8.48. The van der Waals surface area contributed by atoms with Crippen molar-refractivity contribution in [1.82, 2.24) is 0 Å². The molecule has 0 bridgehead atoms. The van der Waals surface area contributed by atoms with Crippen molar-refractivity contribution in [1.29, 1.82) is 5.26 Å². The Bertz CT molecular complexity index is 464.